The zero-order valence-electron chi connectivity index (χ0n) is 75.3. The Morgan fingerprint density at radius 3 is 0.790 bits per heavy atom. The quantitative estimate of drug-likeness (QED) is 0.0836. The number of aromatic amines is 1. The molecule has 9 aromatic rings. The van der Waals surface area contributed by atoms with Gasteiger partial charge in [0.2, 0.25) is 0 Å². The van der Waals surface area contributed by atoms with Crippen LogP contribution in [0.3, 0.4) is 0 Å². The van der Waals surface area contributed by atoms with E-state index >= 15 is 0 Å². The van der Waals surface area contributed by atoms with Crippen LogP contribution in [-0.2, 0) is 12.8 Å². The number of aromatic nitrogens is 8. The van der Waals surface area contributed by atoms with Gasteiger partial charge in [0.25, 0.3) is 0 Å². The van der Waals surface area contributed by atoms with Crippen molar-refractivity contribution >= 4 is 21.8 Å². The highest BCUT2D eigenvalue weighted by Gasteiger charge is 2.09. The summed E-state index contributed by atoms with van der Waals surface area (Å²) in [5.41, 5.74) is 11.8. The maximum Gasteiger partial charge on any atom is 0.166 e. The van der Waals surface area contributed by atoms with Crippen molar-refractivity contribution in [3.63, 3.8) is 0 Å². The summed E-state index contributed by atoms with van der Waals surface area (Å²) in [7, 11) is 0. The lowest BCUT2D eigenvalue weighted by Gasteiger charge is -2.26. The van der Waals surface area contributed by atoms with Gasteiger partial charge in [-0.25, -0.2) is 4.98 Å². The summed E-state index contributed by atoms with van der Waals surface area (Å²) in [5, 5.41) is 65.6. The van der Waals surface area contributed by atoms with Crippen molar-refractivity contribution in [2.45, 2.75) is 70.9 Å². The Morgan fingerprint density at radius 2 is 0.565 bits per heavy atom. The number of piperidine rings is 1. The summed E-state index contributed by atoms with van der Waals surface area (Å²) in [6.07, 6.45) is 35.2. The van der Waals surface area contributed by atoms with Crippen LogP contribution in [0.5, 0.6) is 0 Å². The van der Waals surface area contributed by atoms with Crippen LogP contribution in [0.2, 0.25) is 0 Å². The Balaban J connectivity index is 0.000000242. The Kier molecular flexibility index (Phi) is 70.2. The first-order valence-electron chi connectivity index (χ1n) is 46.1. The van der Waals surface area contributed by atoms with Gasteiger partial charge in [0.05, 0.1) is 22.4 Å². The van der Waals surface area contributed by atoms with Crippen LogP contribution in [0.1, 0.15) is 57.1 Å². The number of fused-ring (bicyclic) bond motifs is 3. The highest BCUT2D eigenvalue weighted by atomic mass is 15.2. The number of hydrogen-bond donors (Lipinski definition) is 20. The lowest BCUT2D eigenvalue weighted by atomic mass is 10.1. The second-order valence-electron chi connectivity index (χ2n) is 30.0. The number of nitrogens with zero attached hydrogens (tertiary/aromatic N) is 8. The van der Waals surface area contributed by atoms with Crippen LogP contribution in [-0.4, -0.2) is 314 Å². The van der Waals surface area contributed by atoms with Crippen LogP contribution in [0.25, 0.3) is 33.2 Å². The highest BCUT2D eigenvalue weighted by molar-refractivity contribution is 6.02. The predicted molar refractivity (Wildman–Crippen MR) is 519 cm³/mol. The van der Waals surface area contributed by atoms with Gasteiger partial charge in [-0.05, 0) is 162 Å². The maximum atomic E-state index is 5.40. The SMILES string of the molecule is C1CCNC1.C1CCNCC1.C1CNCCN1.C1CNCCNCCN1.C1CNCCNCCNCCN1.C1CNCCNCCNCCNCCNCCN1.CC1C=CC(C)N1.NCCN1CCNCC1.c1cc(CCc2ccncc2)ccn1.c1cc[nH+]cc1.c1ccc(-c2ccccn2)nc1.c1ccncc1.c1cnc2c(c1)ccc1cccnc12. The third-order valence-electron chi connectivity index (χ3n) is 19.5. The van der Waals surface area contributed by atoms with E-state index in [-0.39, 0.29) is 0 Å². The van der Waals surface area contributed by atoms with Gasteiger partial charge in [0.15, 0.2) is 12.4 Å². The van der Waals surface area contributed by atoms with E-state index in [1.54, 1.807) is 37.2 Å². The number of pyridine rings is 8. The molecule has 0 saturated carbocycles. The molecule has 7 fully saturated rings. The molecule has 8 aromatic heterocycles. The molecule has 29 heteroatoms. The van der Waals surface area contributed by atoms with Gasteiger partial charge in [-0.3, -0.25) is 39.8 Å². The normalized spacial score (nSPS) is 18.8. The molecule has 0 spiro atoms. The standard InChI is InChI=1S/C12H30N6.C12H8N2.C12H12N2.C10H8N2.C8H20N4.2C6H15N3.C6H11N.C5H11N.2C5H5N.C4H10N2.C4H9N/c1-2-14-5-6-16-9-10-18-12-11-17-8-7-15-4-3-13-1;1-3-9-5-6-10-4-2-8-14-12(10)11(9)13-7-1;1(11-3-7-13-8-4-11)2-12-5-9-14-10-6-12;1-3-7-11-9(5-1)10-6-2-4-8-12-10;1-2-10-5-6-12-8-7-11-4-3-9-1;7-1-4-9-5-2-8-3-6-9;1-2-8-5-6-9-4-3-7-1;1-5-3-4-6(2)7-5;3*1-2-4-6-5-3-1;1-2-6-4-3-5-1;1-2-4-5-3-1/h13-18H,1-12H2;1-8H;3-10H,1-2H2;1-8H;9-12H,1-8H2;8H,1-7H2;7-9H,1-6H2;3-7H,1-2H3;6H,1-5H2;2*1-5H;5-6H,1-4H2;5H,1-4H2/p+1. The summed E-state index contributed by atoms with van der Waals surface area (Å²) >= 11 is 0. The molecule has 8 aliphatic heterocycles. The first-order chi connectivity index (χ1) is 61.6. The molecule has 0 radical (unpaired) electrons. The summed E-state index contributed by atoms with van der Waals surface area (Å²) < 4.78 is 0. The van der Waals surface area contributed by atoms with Crippen molar-refractivity contribution in [1.29, 1.82) is 0 Å². The van der Waals surface area contributed by atoms with Gasteiger partial charge in [0, 0.05) is 333 Å². The second-order valence-corrected chi connectivity index (χ2v) is 30.0. The Labute approximate surface area is 744 Å². The third kappa shape index (κ3) is 62.9. The summed E-state index contributed by atoms with van der Waals surface area (Å²) in [5.74, 6) is 0. The summed E-state index contributed by atoms with van der Waals surface area (Å²) in [6, 6.07) is 44.7. The van der Waals surface area contributed by atoms with Crippen molar-refractivity contribution in [3.8, 4) is 11.4 Å². The fraction of sp³-hybridized carbons (Fsp3) is 0.537. The number of H-pyrrole nitrogens is 1. The van der Waals surface area contributed by atoms with Crippen molar-refractivity contribution < 1.29 is 4.98 Å². The number of piperazine rings is 2. The number of aryl methyl sites for hydroxylation is 2. The lowest BCUT2D eigenvalue weighted by Crippen LogP contribution is -2.45. The molecule has 684 valence electrons. The number of benzene rings is 1. The van der Waals surface area contributed by atoms with Crippen molar-refractivity contribution in [2.24, 2.45) is 5.73 Å². The fourth-order valence-corrected chi connectivity index (χ4v) is 12.7. The monoisotopic (exact) mass is 1710 g/mol. The molecule has 2 atom stereocenters. The van der Waals surface area contributed by atoms with E-state index in [2.05, 4.69) is 220 Å². The molecular formula is C95H160N29+. The van der Waals surface area contributed by atoms with Crippen LogP contribution >= 0.6 is 0 Å². The van der Waals surface area contributed by atoms with Crippen molar-refractivity contribution in [3.05, 3.63) is 231 Å². The minimum atomic E-state index is 0.593. The Bertz CT molecular complexity index is 3270. The van der Waals surface area contributed by atoms with Gasteiger partial charge in [-0.1, -0.05) is 67.1 Å². The molecule has 7 saturated heterocycles. The van der Waals surface area contributed by atoms with E-state index in [9.17, 15) is 0 Å². The zero-order chi connectivity index (χ0) is 87.1. The number of nitrogens with two attached hydrogens (primary N) is 1. The van der Waals surface area contributed by atoms with Crippen molar-refractivity contribution in [1.82, 2.24) is 141 Å². The van der Waals surface area contributed by atoms with Gasteiger partial charge in [-0.2, -0.15) is 0 Å². The van der Waals surface area contributed by atoms with Gasteiger partial charge >= 0.3 is 0 Å². The topological polar surface area (TPSA) is 362 Å². The minimum absolute atomic E-state index is 0.593. The van der Waals surface area contributed by atoms with Gasteiger partial charge in [0.1, 0.15) is 0 Å². The molecule has 16 heterocycles. The average molecular weight is 1710 g/mol. The molecule has 2 unspecified atom stereocenters. The molecule has 8 aliphatic rings. The van der Waals surface area contributed by atoms with E-state index in [0.29, 0.717) is 12.1 Å². The van der Waals surface area contributed by atoms with E-state index < -0.39 is 0 Å². The van der Waals surface area contributed by atoms with E-state index in [1.165, 1.54) is 69.4 Å². The number of hydrogen-bond acceptors (Lipinski definition) is 28. The number of rotatable bonds is 6. The highest BCUT2D eigenvalue weighted by Crippen LogP contribution is 2.21. The molecule has 124 heavy (non-hydrogen) atoms. The zero-order valence-corrected chi connectivity index (χ0v) is 75.3. The van der Waals surface area contributed by atoms with E-state index in [1.807, 2.05) is 122 Å². The van der Waals surface area contributed by atoms with Gasteiger partial charge < -0.3 is 107 Å². The molecule has 0 bridgehead atoms. The smallest absolute Gasteiger partial charge is 0.166 e. The summed E-state index contributed by atoms with van der Waals surface area (Å²) in [4.78, 5) is 34.1. The molecule has 22 N–H and O–H groups in total. The first kappa shape index (κ1) is 106. The van der Waals surface area contributed by atoms with E-state index in [4.69, 9.17) is 5.73 Å². The second kappa shape index (κ2) is 81.9. The van der Waals surface area contributed by atoms with Crippen molar-refractivity contribution in [2.75, 3.05) is 262 Å². The molecule has 1 aromatic carbocycles. The Morgan fingerprint density at radius 1 is 0.282 bits per heavy atom. The fourth-order valence-electron chi connectivity index (χ4n) is 12.7. The molecule has 0 aliphatic carbocycles. The molecular weight excluding hydrogens is 1550 g/mol. The largest absolute Gasteiger partial charge is 0.329 e. The van der Waals surface area contributed by atoms with Crippen LogP contribution in [0.15, 0.2) is 220 Å². The first-order valence-corrected chi connectivity index (χ1v) is 46.1. The predicted octanol–water partition coefficient (Wildman–Crippen LogP) is 3.52. The van der Waals surface area contributed by atoms with Crippen LogP contribution in [0.4, 0.5) is 0 Å². The number of nitrogens with one attached hydrogen (secondary N) is 20. The average Bonchev–Trinajstić information content (AvgIpc) is 0.974. The molecule has 0 amide bonds. The molecule has 29 nitrogen and oxygen atoms in total. The third-order valence-corrected chi connectivity index (χ3v) is 19.5. The minimum Gasteiger partial charge on any atom is -0.329 e. The summed E-state index contributed by atoms with van der Waals surface area (Å²) in [6.45, 7) is 48.0. The lowest BCUT2D eigenvalue weighted by molar-refractivity contribution is -0.378. The van der Waals surface area contributed by atoms with Crippen LogP contribution < -0.4 is 112 Å². The Hall–Kier alpha value is -8.16. The van der Waals surface area contributed by atoms with Crippen LogP contribution in [0, 0.1) is 0 Å². The van der Waals surface area contributed by atoms with E-state index in [0.717, 1.165) is 282 Å². The maximum absolute atomic E-state index is 5.40. The van der Waals surface area contributed by atoms with Gasteiger partial charge in [-0.15, -0.1) is 0 Å². The molecule has 17 rings (SSSR count).